The number of ether oxygens (including phenoxy) is 1. The van der Waals surface area contributed by atoms with Crippen LogP contribution in [0.1, 0.15) is 72.8 Å². The van der Waals surface area contributed by atoms with Gasteiger partial charge in [-0.25, -0.2) is 0 Å². The Hall–Kier alpha value is -2.14. The van der Waals surface area contributed by atoms with E-state index in [0.29, 0.717) is 18.4 Å². The first-order chi connectivity index (χ1) is 13.2. The lowest BCUT2D eigenvalue weighted by Gasteiger charge is -2.26. The predicted octanol–water partition coefficient (Wildman–Crippen LogP) is 4.90. The molecule has 2 atom stereocenters. The van der Waals surface area contributed by atoms with Gasteiger partial charge in [0.1, 0.15) is 5.76 Å². The molecule has 0 bridgehead atoms. The van der Waals surface area contributed by atoms with Crippen LogP contribution < -0.4 is 5.32 Å². The molecule has 1 N–H and O–H groups in total. The van der Waals surface area contributed by atoms with Crippen LogP contribution in [0.4, 0.5) is 5.69 Å². The Morgan fingerprint density at radius 1 is 1.26 bits per heavy atom. The first kappa shape index (κ1) is 18.2. The van der Waals surface area contributed by atoms with Crippen LogP contribution in [-0.2, 0) is 24.2 Å². The lowest BCUT2D eigenvalue weighted by Crippen LogP contribution is -2.21. The molecule has 1 fully saturated rings. The zero-order chi connectivity index (χ0) is 18.6. The Morgan fingerprint density at radius 2 is 2.15 bits per heavy atom. The van der Waals surface area contributed by atoms with Crippen molar-refractivity contribution in [2.75, 3.05) is 5.32 Å². The fourth-order valence-electron chi connectivity index (χ4n) is 4.24. The van der Waals surface area contributed by atoms with Gasteiger partial charge in [0.05, 0.1) is 12.7 Å². The molecule has 144 valence electrons. The number of nitrogens with zero attached hydrogens (tertiary/aromatic N) is 1. The van der Waals surface area contributed by atoms with Crippen molar-refractivity contribution < 1.29 is 14.1 Å². The monoisotopic (exact) mass is 368 g/mol. The van der Waals surface area contributed by atoms with Crippen molar-refractivity contribution >= 4 is 11.6 Å². The highest BCUT2D eigenvalue weighted by Gasteiger charge is 2.24. The van der Waals surface area contributed by atoms with Crippen molar-refractivity contribution in [1.82, 2.24) is 5.16 Å². The van der Waals surface area contributed by atoms with Crippen LogP contribution in [-0.4, -0.2) is 17.2 Å². The van der Waals surface area contributed by atoms with Gasteiger partial charge in [0.2, 0.25) is 0 Å². The summed E-state index contributed by atoms with van der Waals surface area (Å²) >= 11 is 0. The van der Waals surface area contributed by atoms with Gasteiger partial charge in [0.15, 0.2) is 5.69 Å². The van der Waals surface area contributed by atoms with Crippen LogP contribution in [0, 0.1) is 5.92 Å². The summed E-state index contributed by atoms with van der Waals surface area (Å²) in [7, 11) is 0. The Kier molecular flexibility index (Phi) is 5.58. The maximum Gasteiger partial charge on any atom is 0.278 e. The molecule has 0 saturated heterocycles. The molecule has 4 rings (SSSR count). The minimum absolute atomic E-state index is 0.193. The Balaban J connectivity index is 1.37. The van der Waals surface area contributed by atoms with Crippen LogP contribution in [0.5, 0.6) is 0 Å². The number of carbonyl (C=O) groups excluding carboxylic acids is 1. The third kappa shape index (κ3) is 4.41. The fraction of sp³-hybridized carbons (Fsp3) is 0.545. The van der Waals surface area contributed by atoms with Crippen molar-refractivity contribution in [1.29, 1.82) is 0 Å². The maximum atomic E-state index is 12.6. The molecule has 2 aromatic rings. The molecular formula is C22H28N2O3. The minimum Gasteiger partial charge on any atom is -0.374 e. The number of fused-ring (bicyclic) bond motifs is 1. The number of rotatable bonds is 5. The van der Waals surface area contributed by atoms with E-state index in [1.54, 1.807) is 0 Å². The molecule has 0 radical (unpaired) electrons. The molecule has 0 spiro atoms. The van der Waals surface area contributed by atoms with E-state index in [-0.39, 0.29) is 5.91 Å². The molecule has 0 unspecified atom stereocenters. The Morgan fingerprint density at radius 3 is 3.04 bits per heavy atom. The molecule has 27 heavy (non-hydrogen) atoms. The summed E-state index contributed by atoms with van der Waals surface area (Å²) in [4.78, 5) is 12.6. The third-order valence-corrected chi connectivity index (χ3v) is 5.72. The number of amides is 1. The number of nitrogens with one attached hydrogen (secondary N) is 1. The van der Waals surface area contributed by atoms with E-state index in [1.165, 1.54) is 12.8 Å². The van der Waals surface area contributed by atoms with Crippen LogP contribution >= 0.6 is 0 Å². The molecule has 5 nitrogen and oxygen atoms in total. The highest BCUT2D eigenvalue weighted by atomic mass is 16.5. The van der Waals surface area contributed by atoms with Gasteiger partial charge >= 0.3 is 0 Å². The predicted molar refractivity (Wildman–Crippen MR) is 104 cm³/mol. The second kappa shape index (κ2) is 8.26. The van der Waals surface area contributed by atoms with E-state index >= 15 is 0 Å². The van der Waals surface area contributed by atoms with Crippen LogP contribution in [0.15, 0.2) is 28.8 Å². The second-order valence-electron chi connectivity index (χ2n) is 8.00. The van der Waals surface area contributed by atoms with Crippen molar-refractivity contribution in [2.45, 2.75) is 71.0 Å². The van der Waals surface area contributed by atoms with Gasteiger partial charge in [0.25, 0.3) is 5.91 Å². The number of hydrogen-bond acceptors (Lipinski definition) is 4. The average molecular weight is 368 g/mol. The van der Waals surface area contributed by atoms with E-state index < -0.39 is 0 Å². The molecule has 2 aliphatic rings. The van der Waals surface area contributed by atoms with Crippen LogP contribution in [0.3, 0.4) is 0 Å². The average Bonchev–Trinajstić information content (AvgIpc) is 3.11. The number of hydrogen-bond donors (Lipinski definition) is 1. The topological polar surface area (TPSA) is 64.4 Å². The van der Waals surface area contributed by atoms with E-state index in [1.807, 2.05) is 24.3 Å². The van der Waals surface area contributed by atoms with Gasteiger partial charge in [-0.15, -0.1) is 0 Å². The molecule has 0 aliphatic heterocycles. The van der Waals surface area contributed by atoms with Gasteiger partial charge in [0, 0.05) is 17.7 Å². The number of anilines is 1. The van der Waals surface area contributed by atoms with E-state index in [2.05, 4.69) is 17.4 Å². The van der Waals surface area contributed by atoms with Gasteiger partial charge < -0.3 is 14.6 Å². The summed E-state index contributed by atoms with van der Waals surface area (Å²) in [6, 6.07) is 7.88. The van der Waals surface area contributed by atoms with Crippen molar-refractivity contribution in [2.24, 2.45) is 5.92 Å². The highest BCUT2D eigenvalue weighted by Crippen LogP contribution is 2.27. The molecule has 1 aromatic heterocycles. The normalized spacial score (nSPS) is 22.3. The maximum absolute atomic E-state index is 12.6. The quantitative estimate of drug-likeness (QED) is 0.815. The zero-order valence-electron chi connectivity index (χ0n) is 16.0. The number of aromatic nitrogens is 1. The lowest BCUT2D eigenvalue weighted by atomic mass is 9.89. The molecular weight excluding hydrogens is 340 g/mol. The minimum atomic E-state index is -0.193. The summed E-state index contributed by atoms with van der Waals surface area (Å²) in [6.07, 6.45) is 9.15. The number of aryl methyl sites for hydroxylation is 1. The summed E-state index contributed by atoms with van der Waals surface area (Å²) in [6.45, 7) is 2.88. The molecule has 1 amide bonds. The Labute approximate surface area is 160 Å². The molecule has 5 heteroatoms. The van der Waals surface area contributed by atoms with Crippen molar-refractivity contribution in [3.05, 3.63) is 46.8 Å². The largest absolute Gasteiger partial charge is 0.374 e. The van der Waals surface area contributed by atoms with Crippen LogP contribution in [0.25, 0.3) is 0 Å². The van der Waals surface area contributed by atoms with Crippen molar-refractivity contribution in [3.8, 4) is 0 Å². The molecule has 1 heterocycles. The fourth-order valence-corrected chi connectivity index (χ4v) is 4.24. The first-order valence-corrected chi connectivity index (χ1v) is 10.2. The highest BCUT2D eigenvalue weighted by molar-refractivity contribution is 6.04. The van der Waals surface area contributed by atoms with Gasteiger partial charge in [-0.2, -0.15) is 0 Å². The SMILES string of the molecule is C[C@@H]1CCC[C@@H](OCc2cccc(NC(=O)c3noc4c3CCCC4)c2)C1. The molecule has 1 aromatic carbocycles. The van der Waals surface area contributed by atoms with Crippen molar-refractivity contribution in [3.63, 3.8) is 0 Å². The first-order valence-electron chi connectivity index (χ1n) is 10.2. The van der Waals surface area contributed by atoms with Gasteiger partial charge in [-0.05, 0) is 55.7 Å². The van der Waals surface area contributed by atoms with E-state index in [4.69, 9.17) is 9.26 Å². The number of benzene rings is 1. The summed E-state index contributed by atoms with van der Waals surface area (Å²) in [5.74, 6) is 1.43. The van der Waals surface area contributed by atoms with E-state index in [9.17, 15) is 4.79 Å². The zero-order valence-corrected chi connectivity index (χ0v) is 16.0. The van der Waals surface area contributed by atoms with E-state index in [0.717, 1.165) is 67.0 Å². The summed E-state index contributed by atoms with van der Waals surface area (Å²) in [5.41, 5.74) is 3.26. The van der Waals surface area contributed by atoms with Crippen LogP contribution in [0.2, 0.25) is 0 Å². The summed E-state index contributed by atoms with van der Waals surface area (Å²) in [5, 5.41) is 6.97. The van der Waals surface area contributed by atoms with Gasteiger partial charge in [-0.3, -0.25) is 4.79 Å². The molecule has 1 saturated carbocycles. The Bertz CT molecular complexity index is 799. The van der Waals surface area contributed by atoms with Gasteiger partial charge in [-0.1, -0.05) is 37.1 Å². The smallest absolute Gasteiger partial charge is 0.278 e. The lowest BCUT2D eigenvalue weighted by molar-refractivity contribution is 0.00468. The standard InChI is InChI=1S/C22H28N2O3/c1-15-6-4-9-18(12-15)26-14-16-7-5-8-17(13-16)23-22(25)21-19-10-2-3-11-20(19)27-24-21/h5,7-8,13,15,18H,2-4,6,9-12,14H2,1H3,(H,23,25)/t15-,18-/m1/s1. The molecule has 2 aliphatic carbocycles. The number of carbonyl (C=O) groups is 1. The summed E-state index contributed by atoms with van der Waals surface area (Å²) < 4.78 is 11.5. The second-order valence-corrected chi connectivity index (χ2v) is 8.00. The third-order valence-electron chi connectivity index (χ3n) is 5.72.